The van der Waals surface area contributed by atoms with Gasteiger partial charge in [0.1, 0.15) is 0 Å². The van der Waals surface area contributed by atoms with Crippen LogP contribution in [0.5, 0.6) is 0 Å². The van der Waals surface area contributed by atoms with Crippen LogP contribution < -0.4 is 10.3 Å². The number of benzene rings is 4. The van der Waals surface area contributed by atoms with Crippen molar-refractivity contribution in [2.75, 3.05) is 10.3 Å². The molecule has 0 fully saturated rings. The Balaban J connectivity index is 1.70. The van der Waals surface area contributed by atoms with Gasteiger partial charge in [0.15, 0.2) is 0 Å². The predicted molar refractivity (Wildman–Crippen MR) is 124 cm³/mol. The Labute approximate surface area is 172 Å². The number of hydrogen-bond acceptors (Lipinski definition) is 3. The first-order chi connectivity index (χ1) is 14.3. The number of nitrogens with one attached hydrogen (secondary N) is 1. The summed E-state index contributed by atoms with van der Waals surface area (Å²) in [5.74, 6) is 0. The number of anilines is 4. The van der Waals surface area contributed by atoms with Crippen molar-refractivity contribution in [1.29, 1.82) is 0 Å². The molecule has 0 spiro atoms. The molecule has 0 amide bonds. The standard InChI is InChI=1S/C26H23N3/c1-21-11-10-13-23(19-21)28-27-20-22-12-8-9-18-26(22)29(24-14-4-2-5-15-24)25-16-6-3-7-17-25/h2-20,28H,1H3. The highest BCUT2D eigenvalue weighted by atomic mass is 15.3. The molecule has 0 aromatic heterocycles. The van der Waals surface area contributed by atoms with E-state index in [4.69, 9.17) is 0 Å². The minimum Gasteiger partial charge on any atom is -0.310 e. The highest BCUT2D eigenvalue weighted by Gasteiger charge is 2.14. The second-order valence-electron chi connectivity index (χ2n) is 6.80. The van der Waals surface area contributed by atoms with Gasteiger partial charge in [0, 0.05) is 16.9 Å². The zero-order chi connectivity index (χ0) is 19.9. The van der Waals surface area contributed by atoms with Crippen LogP contribution in [0.25, 0.3) is 0 Å². The molecule has 0 atom stereocenters. The van der Waals surface area contributed by atoms with Crippen LogP contribution in [0, 0.1) is 6.92 Å². The minimum atomic E-state index is 0.974. The highest BCUT2D eigenvalue weighted by molar-refractivity contribution is 5.93. The summed E-state index contributed by atoms with van der Waals surface area (Å²) >= 11 is 0. The summed E-state index contributed by atoms with van der Waals surface area (Å²) in [6, 6.07) is 37.2. The van der Waals surface area contributed by atoms with Gasteiger partial charge >= 0.3 is 0 Å². The molecule has 4 rings (SSSR count). The maximum Gasteiger partial charge on any atom is 0.0565 e. The first kappa shape index (κ1) is 18.5. The van der Waals surface area contributed by atoms with Gasteiger partial charge in [0.25, 0.3) is 0 Å². The van der Waals surface area contributed by atoms with Crippen LogP contribution in [0.4, 0.5) is 22.7 Å². The fourth-order valence-electron chi connectivity index (χ4n) is 3.27. The molecule has 142 valence electrons. The summed E-state index contributed by atoms with van der Waals surface area (Å²) in [6.07, 6.45) is 1.87. The summed E-state index contributed by atoms with van der Waals surface area (Å²) in [5.41, 5.74) is 9.61. The summed E-state index contributed by atoms with van der Waals surface area (Å²) in [5, 5.41) is 4.48. The lowest BCUT2D eigenvalue weighted by molar-refractivity contribution is 1.27. The smallest absolute Gasteiger partial charge is 0.0565 e. The number of nitrogens with zero attached hydrogens (tertiary/aromatic N) is 2. The van der Waals surface area contributed by atoms with Gasteiger partial charge in [0.05, 0.1) is 17.6 Å². The normalized spacial score (nSPS) is 10.8. The van der Waals surface area contributed by atoms with Gasteiger partial charge in [-0.2, -0.15) is 5.10 Å². The first-order valence-corrected chi connectivity index (χ1v) is 9.66. The SMILES string of the molecule is Cc1cccc(NN=Cc2ccccc2N(c2ccccc2)c2ccccc2)c1. The average molecular weight is 377 g/mol. The monoisotopic (exact) mass is 377 g/mol. The molecule has 4 aromatic carbocycles. The van der Waals surface area contributed by atoms with E-state index in [1.165, 1.54) is 5.56 Å². The van der Waals surface area contributed by atoms with E-state index in [9.17, 15) is 0 Å². The van der Waals surface area contributed by atoms with E-state index in [-0.39, 0.29) is 0 Å². The van der Waals surface area contributed by atoms with Gasteiger partial charge in [0.2, 0.25) is 0 Å². The molecule has 0 radical (unpaired) electrons. The molecule has 0 aliphatic rings. The quantitative estimate of drug-likeness (QED) is 0.292. The van der Waals surface area contributed by atoms with Crippen LogP contribution in [0.15, 0.2) is 114 Å². The van der Waals surface area contributed by atoms with Gasteiger partial charge < -0.3 is 4.90 Å². The van der Waals surface area contributed by atoms with Crippen molar-refractivity contribution in [3.8, 4) is 0 Å². The minimum absolute atomic E-state index is 0.974. The summed E-state index contributed by atoms with van der Waals surface area (Å²) in [7, 11) is 0. The average Bonchev–Trinajstić information content (AvgIpc) is 2.77. The maximum atomic E-state index is 4.48. The van der Waals surface area contributed by atoms with Crippen molar-refractivity contribution in [2.24, 2.45) is 5.10 Å². The van der Waals surface area contributed by atoms with Crippen molar-refractivity contribution in [3.63, 3.8) is 0 Å². The molecule has 0 unspecified atom stereocenters. The van der Waals surface area contributed by atoms with Crippen molar-refractivity contribution in [3.05, 3.63) is 120 Å². The molecule has 0 saturated heterocycles. The highest BCUT2D eigenvalue weighted by Crippen LogP contribution is 2.35. The molecule has 0 bridgehead atoms. The Morgan fingerprint density at radius 3 is 1.97 bits per heavy atom. The zero-order valence-electron chi connectivity index (χ0n) is 16.4. The summed E-state index contributed by atoms with van der Waals surface area (Å²) < 4.78 is 0. The van der Waals surface area contributed by atoms with Gasteiger partial charge in [-0.05, 0) is 55.0 Å². The van der Waals surface area contributed by atoms with Gasteiger partial charge in [-0.1, -0.05) is 66.7 Å². The molecule has 3 heteroatoms. The van der Waals surface area contributed by atoms with E-state index < -0.39 is 0 Å². The molecule has 0 aliphatic carbocycles. The third kappa shape index (κ3) is 4.53. The Hall–Kier alpha value is -3.85. The van der Waals surface area contributed by atoms with Gasteiger partial charge in [-0.25, -0.2) is 0 Å². The Morgan fingerprint density at radius 1 is 0.690 bits per heavy atom. The largest absolute Gasteiger partial charge is 0.310 e. The number of hydrazone groups is 1. The predicted octanol–water partition coefficient (Wildman–Crippen LogP) is 6.91. The molecule has 29 heavy (non-hydrogen) atoms. The zero-order valence-corrected chi connectivity index (χ0v) is 16.4. The van der Waals surface area contributed by atoms with E-state index in [0.29, 0.717) is 0 Å². The Kier molecular flexibility index (Phi) is 5.68. The molecular formula is C26H23N3. The molecule has 0 aliphatic heterocycles. The summed E-state index contributed by atoms with van der Waals surface area (Å²) in [6.45, 7) is 2.07. The van der Waals surface area contributed by atoms with Crippen LogP contribution >= 0.6 is 0 Å². The third-order valence-corrected chi connectivity index (χ3v) is 4.62. The van der Waals surface area contributed by atoms with E-state index in [0.717, 1.165) is 28.3 Å². The lowest BCUT2D eigenvalue weighted by Crippen LogP contribution is -2.12. The second kappa shape index (κ2) is 8.89. The fraction of sp³-hybridized carbons (Fsp3) is 0.0385. The molecule has 1 N–H and O–H groups in total. The molecule has 4 aromatic rings. The maximum absolute atomic E-state index is 4.48. The van der Waals surface area contributed by atoms with Crippen molar-refractivity contribution in [1.82, 2.24) is 0 Å². The number of rotatable bonds is 6. The van der Waals surface area contributed by atoms with Crippen LogP contribution in [0.2, 0.25) is 0 Å². The number of aryl methyl sites for hydroxylation is 1. The molecular weight excluding hydrogens is 354 g/mol. The summed E-state index contributed by atoms with van der Waals surface area (Å²) in [4.78, 5) is 2.24. The Bertz CT molecular complexity index is 1050. The third-order valence-electron chi connectivity index (χ3n) is 4.62. The van der Waals surface area contributed by atoms with Crippen LogP contribution in [-0.4, -0.2) is 6.21 Å². The number of para-hydroxylation sites is 3. The van der Waals surface area contributed by atoms with Crippen molar-refractivity contribution < 1.29 is 0 Å². The fourth-order valence-corrected chi connectivity index (χ4v) is 3.27. The lowest BCUT2D eigenvalue weighted by atomic mass is 10.1. The van der Waals surface area contributed by atoms with E-state index in [1.54, 1.807) is 0 Å². The van der Waals surface area contributed by atoms with Crippen molar-refractivity contribution >= 4 is 29.0 Å². The molecule has 0 heterocycles. The number of hydrogen-bond donors (Lipinski definition) is 1. The van der Waals surface area contributed by atoms with Gasteiger partial charge in [-0.15, -0.1) is 0 Å². The topological polar surface area (TPSA) is 27.6 Å². The van der Waals surface area contributed by atoms with Crippen LogP contribution in [-0.2, 0) is 0 Å². The second-order valence-corrected chi connectivity index (χ2v) is 6.80. The Morgan fingerprint density at radius 2 is 1.31 bits per heavy atom. The van der Waals surface area contributed by atoms with E-state index in [2.05, 4.69) is 101 Å². The lowest BCUT2D eigenvalue weighted by Gasteiger charge is -2.26. The van der Waals surface area contributed by atoms with E-state index in [1.807, 2.05) is 36.5 Å². The van der Waals surface area contributed by atoms with E-state index >= 15 is 0 Å². The van der Waals surface area contributed by atoms with Crippen LogP contribution in [0.1, 0.15) is 11.1 Å². The molecule has 3 nitrogen and oxygen atoms in total. The molecule has 0 saturated carbocycles. The van der Waals surface area contributed by atoms with Crippen molar-refractivity contribution in [2.45, 2.75) is 6.92 Å². The first-order valence-electron chi connectivity index (χ1n) is 9.66. The van der Waals surface area contributed by atoms with Gasteiger partial charge in [-0.3, -0.25) is 5.43 Å². The van der Waals surface area contributed by atoms with Crippen LogP contribution in [0.3, 0.4) is 0 Å².